The summed E-state index contributed by atoms with van der Waals surface area (Å²) in [5.41, 5.74) is 3.33. The summed E-state index contributed by atoms with van der Waals surface area (Å²) in [5.74, 6) is 1.78. The lowest BCUT2D eigenvalue weighted by Crippen LogP contribution is -2.27. The predicted molar refractivity (Wildman–Crippen MR) is 75.3 cm³/mol. The Kier molecular flexibility index (Phi) is 3.04. The van der Waals surface area contributed by atoms with E-state index in [2.05, 4.69) is 23.0 Å². The van der Waals surface area contributed by atoms with Crippen molar-refractivity contribution in [2.45, 2.75) is 25.7 Å². The zero-order valence-electron chi connectivity index (χ0n) is 10.8. The van der Waals surface area contributed by atoms with Gasteiger partial charge in [0.25, 0.3) is 0 Å². The first kappa shape index (κ1) is 12.0. The van der Waals surface area contributed by atoms with Crippen LogP contribution in [0.15, 0.2) is 12.1 Å². The van der Waals surface area contributed by atoms with Gasteiger partial charge in [-0.1, -0.05) is 11.6 Å². The Balaban J connectivity index is 2.13. The molecule has 4 heteroatoms. The van der Waals surface area contributed by atoms with E-state index in [0.29, 0.717) is 5.92 Å². The minimum Gasteiger partial charge on any atom is -0.331 e. The van der Waals surface area contributed by atoms with Crippen molar-refractivity contribution in [3.63, 3.8) is 0 Å². The average Bonchev–Trinajstić information content (AvgIpc) is 2.73. The molecule has 3 rings (SSSR count). The Morgan fingerprint density at radius 1 is 1.33 bits per heavy atom. The molecule has 1 fully saturated rings. The summed E-state index contributed by atoms with van der Waals surface area (Å²) in [7, 11) is 2.11. The summed E-state index contributed by atoms with van der Waals surface area (Å²) in [6, 6.07) is 4.04. The van der Waals surface area contributed by atoms with E-state index in [1.807, 2.05) is 13.0 Å². The van der Waals surface area contributed by atoms with Crippen molar-refractivity contribution in [3.05, 3.63) is 28.5 Å². The van der Waals surface area contributed by atoms with Crippen LogP contribution in [-0.4, -0.2) is 22.6 Å². The summed E-state index contributed by atoms with van der Waals surface area (Å²) < 4.78 is 2.23. The Morgan fingerprint density at radius 2 is 2.06 bits per heavy atom. The van der Waals surface area contributed by atoms with Crippen LogP contribution in [0.25, 0.3) is 11.0 Å². The number of imidazole rings is 1. The lowest BCUT2D eigenvalue weighted by atomic mass is 9.97. The van der Waals surface area contributed by atoms with Gasteiger partial charge in [0.2, 0.25) is 0 Å². The van der Waals surface area contributed by atoms with E-state index in [-0.39, 0.29) is 0 Å². The fraction of sp³-hybridized carbons (Fsp3) is 0.500. The molecule has 3 nitrogen and oxygen atoms in total. The van der Waals surface area contributed by atoms with Crippen LogP contribution in [0.1, 0.15) is 30.1 Å². The molecule has 0 amide bonds. The van der Waals surface area contributed by atoms with Crippen LogP contribution in [0, 0.1) is 6.92 Å². The van der Waals surface area contributed by atoms with Gasteiger partial charge in [-0.25, -0.2) is 4.98 Å². The maximum Gasteiger partial charge on any atom is 0.112 e. The molecule has 0 bridgehead atoms. The number of nitrogens with zero attached hydrogens (tertiary/aromatic N) is 2. The molecule has 96 valence electrons. The highest BCUT2D eigenvalue weighted by molar-refractivity contribution is 6.32. The van der Waals surface area contributed by atoms with E-state index in [9.17, 15) is 0 Å². The lowest BCUT2D eigenvalue weighted by molar-refractivity contribution is 0.438. The molecule has 0 saturated carbocycles. The number of aryl methyl sites for hydroxylation is 2. The minimum absolute atomic E-state index is 0.571. The van der Waals surface area contributed by atoms with Crippen molar-refractivity contribution in [1.29, 1.82) is 0 Å². The molecule has 0 spiro atoms. The summed E-state index contributed by atoms with van der Waals surface area (Å²) in [5, 5.41) is 4.20. The standard InChI is InChI=1S/C14H18ClN3/c1-9-11(15)3-4-12-13(9)17-14(18(12)2)10-5-7-16-8-6-10/h3-4,10,16H,5-8H2,1-2H3. The van der Waals surface area contributed by atoms with Crippen molar-refractivity contribution in [3.8, 4) is 0 Å². The quantitative estimate of drug-likeness (QED) is 0.857. The monoisotopic (exact) mass is 263 g/mol. The first-order valence-corrected chi connectivity index (χ1v) is 6.88. The average molecular weight is 264 g/mol. The van der Waals surface area contributed by atoms with E-state index in [4.69, 9.17) is 16.6 Å². The van der Waals surface area contributed by atoms with E-state index < -0.39 is 0 Å². The maximum atomic E-state index is 6.18. The van der Waals surface area contributed by atoms with E-state index in [1.54, 1.807) is 0 Å². The highest BCUT2D eigenvalue weighted by Gasteiger charge is 2.21. The summed E-state index contributed by atoms with van der Waals surface area (Å²) in [6.45, 7) is 4.23. The number of aromatic nitrogens is 2. The molecule has 0 radical (unpaired) electrons. The van der Waals surface area contributed by atoms with Gasteiger partial charge >= 0.3 is 0 Å². The van der Waals surface area contributed by atoms with Crippen LogP contribution >= 0.6 is 11.6 Å². The molecular formula is C14H18ClN3. The topological polar surface area (TPSA) is 29.9 Å². The normalized spacial score (nSPS) is 17.5. The van der Waals surface area contributed by atoms with Crippen molar-refractivity contribution in [2.75, 3.05) is 13.1 Å². The molecule has 0 unspecified atom stereocenters. The van der Waals surface area contributed by atoms with Crippen LogP contribution in [-0.2, 0) is 7.05 Å². The third kappa shape index (κ3) is 1.82. The van der Waals surface area contributed by atoms with Gasteiger partial charge in [-0.3, -0.25) is 0 Å². The second kappa shape index (κ2) is 4.56. The van der Waals surface area contributed by atoms with Crippen molar-refractivity contribution in [2.24, 2.45) is 7.05 Å². The van der Waals surface area contributed by atoms with Crippen LogP contribution in [0.4, 0.5) is 0 Å². The number of piperidine rings is 1. The molecule has 1 N–H and O–H groups in total. The molecule has 2 aromatic rings. The number of rotatable bonds is 1. The maximum absolute atomic E-state index is 6.18. The summed E-state index contributed by atoms with van der Waals surface area (Å²) in [6.07, 6.45) is 2.34. The van der Waals surface area contributed by atoms with Gasteiger partial charge in [0.05, 0.1) is 11.0 Å². The second-order valence-electron chi connectivity index (χ2n) is 5.09. The number of hydrogen-bond acceptors (Lipinski definition) is 2. The first-order valence-electron chi connectivity index (χ1n) is 6.50. The number of halogens is 1. The fourth-order valence-corrected chi connectivity index (χ4v) is 2.98. The van der Waals surface area contributed by atoms with Gasteiger partial charge in [-0.2, -0.15) is 0 Å². The van der Waals surface area contributed by atoms with Gasteiger partial charge in [0.1, 0.15) is 5.82 Å². The molecule has 2 heterocycles. The molecule has 1 aromatic carbocycles. The van der Waals surface area contributed by atoms with Gasteiger partial charge in [-0.15, -0.1) is 0 Å². The number of benzene rings is 1. The van der Waals surface area contributed by atoms with Gasteiger partial charge < -0.3 is 9.88 Å². The second-order valence-corrected chi connectivity index (χ2v) is 5.50. The van der Waals surface area contributed by atoms with E-state index in [0.717, 1.165) is 29.2 Å². The smallest absolute Gasteiger partial charge is 0.112 e. The molecule has 0 atom stereocenters. The first-order chi connectivity index (χ1) is 8.68. The van der Waals surface area contributed by atoms with E-state index in [1.165, 1.54) is 24.2 Å². The number of hydrogen-bond donors (Lipinski definition) is 1. The Labute approximate surface area is 112 Å². The summed E-state index contributed by atoms with van der Waals surface area (Å²) >= 11 is 6.18. The van der Waals surface area contributed by atoms with Gasteiger partial charge in [0.15, 0.2) is 0 Å². The zero-order chi connectivity index (χ0) is 12.7. The van der Waals surface area contributed by atoms with Gasteiger partial charge in [-0.05, 0) is 50.6 Å². The Morgan fingerprint density at radius 3 is 2.78 bits per heavy atom. The SMILES string of the molecule is Cc1c(Cl)ccc2c1nc(C1CCNCC1)n2C. The fourth-order valence-electron chi connectivity index (χ4n) is 2.83. The largest absolute Gasteiger partial charge is 0.331 e. The van der Waals surface area contributed by atoms with Crippen LogP contribution in [0.5, 0.6) is 0 Å². The molecule has 1 saturated heterocycles. The minimum atomic E-state index is 0.571. The third-order valence-electron chi connectivity index (χ3n) is 3.98. The molecule has 1 aliphatic rings. The van der Waals surface area contributed by atoms with Crippen LogP contribution < -0.4 is 5.32 Å². The lowest BCUT2D eigenvalue weighted by Gasteiger charge is -2.22. The third-order valence-corrected chi connectivity index (χ3v) is 4.39. The number of fused-ring (bicyclic) bond motifs is 1. The highest BCUT2D eigenvalue weighted by atomic mass is 35.5. The van der Waals surface area contributed by atoms with Gasteiger partial charge in [0, 0.05) is 18.0 Å². The van der Waals surface area contributed by atoms with Crippen molar-refractivity contribution >= 4 is 22.6 Å². The van der Waals surface area contributed by atoms with Crippen molar-refractivity contribution < 1.29 is 0 Å². The zero-order valence-corrected chi connectivity index (χ0v) is 11.6. The molecule has 18 heavy (non-hydrogen) atoms. The molecule has 1 aromatic heterocycles. The predicted octanol–water partition coefficient (Wildman–Crippen LogP) is 3.00. The van der Waals surface area contributed by atoms with E-state index >= 15 is 0 Å². The van der Waals surface area contributed by atoms with Crippen LogP contribution in [0.3, 0.4) is 0 Å². The van der Waals surface area contributed by atoms with Crippen LogP contribution in [0.2, 0.25) is 5.02 Å². The Hall–Kier alpha value is -1.06. The van der Waals surface area contributed by atoms with Crippen molar-refractivity contribution in [1.82, 2.24) is 14.9 Å². The molecular weight excluding hydrogens is 246 g/mol. The summed E-state index contributed by atoms with van der Waals surface area (Å²) in [4.78, 5) is 4.85. The molecule has 0 aliphatic carbocycles. The molecule has 1 aliphatic heterocycles. The Bertz CT molecular complexity index is 582. The number of nitrogens with one attached hydrogen (secondary N) is 1. The highest BCUT2D eigenvalue weighted by Crippen LogP contribution is 2.30.